The summed E-state index contributed by atoms with van der Waals surface area (Å²) in [5, 5.41) is 13.7. The van der Waals surface area contributed by atoms with Gasteiger partial charge in [0.1, 0.15) is 0 Å². The van der Waals surface area contributed by atoms with Gasteiger partial charge >= 0.3 is 0 Å². The fourth-order valence-electron chi connectivity index (χ4n) is 2.24. The van der Waals surface area contributed by atoms with Gasteiger partial charge in [-0.25, -0.2) is 0 Å². The van der Waals surface area contributed by atoms with Crippen molar-refractivity contribution in [3.8, 4) is 0 Å². The highest BCUT2D eigenvalue weighted by molar-refractivity contribution is 5.84. The molecule has 4 nitrogen and oxygen atoms in total. The van der Waals surface area contributed by atoms with Gasteiger partial charge in [0.05, 0.1) is 5.52 Å². The molecule has 4 heteroatoms. The fourth-order valence-corrected chi connectivity index (χ4v) is 2.24. The molecule has 1 fully saturated rings. The molecule has 1 saturated carbocycles. The smallest absolute Gasteiger partial charge is 0.223 e. The van der Waals surface area contributed by atoms with E-state index in [-0.39, 0.29) is 11.8 Å². The summed E-state index contributed by atoms with van der Waals surface area (Å²) in [7, 11) is 0. The number of nitrogens with one attached hydrogen (secondary N) is 1. The first-order valence-electron chi connectivity index (χ1n) is 6.31. The van der Waals surface area contributed by atoms with Crippen molar-refractivity contribution in [1.82, 2.24) is 10.0 Å². The quantitative estimate of drug-likeness (QED) is 0.808. The van der Waals surface area contributed by atoms with Gasteiger partial charge in [0, 0.05) is 24.0 Å². The third kappa shape index (κ3) is 2.06. The minimum atomic E-state index is 0.169. The Hall–Kier alpha value is -1.97. The molecule has 18 heavy (non-hydrogen) atoms. The van der Waals surface area contributed by atoms with E-state index in [0.717, 1.165) is 40.5 Å². The summed E-state index contributed by atoms with van der Waals surface area (Å²) in [5.74, 6) is 0.423. The number of carbonyl (C=O) groups is 1. The second-order valence-electron chi connectivity index (χ2n) is 4.83. The van der Waals surface area contributed by atoms with Crippen LogP contribution < -0.4 is 5.32 Å². The summed E-state index contributed by atoms with van der Waals surface area (Å²) in [5.41, 5.74) is 1.87. The molecule has 1 heterocycles. The number of nitrogens with zero attached hydrogens (tertiary/aromatic N) is 1. The maximum Gasteiger partial charge on any atom is 0.223 e. The lowest BCUT2D eigenvalue weighted by Gasteiger charge is -2.02. The summed E-state index contributed by atoms with van der Waals surface area (Å²) >= 11 is 0. The van der Waals surface area contributed by atoms with E-state index in [1.54, 1.807) is 6.20 Å². The molecule has 1 aliphatic rings. The van der Waals surface area contributed by atoms with Gasteiger partial charge in [0.2, 0.25) is 5.91 Å². The molecular formula is C14H16N2O2. The maximum absolute atomic E-state index is 11.5. The van der Waals surface area contributed by atoms with Crippen LogP contribution in [0.2, 0.25) is 0 Å². The van der Waals surface area contributed by atoms with E-state index in [9.17, 15) is 10.0 Å². The van der Waals surface area contributed by atoms with Crippen molar-refractivity contribution in [1.29, 1.82) is 0 Å². The lowest BCUT2D eigenvalue weighted by molar-refractivity contribution is -0.122. The van der Waals surface area contributed by atoms with Gasteiger partial charge in [0.15, 0.2) is 0 Å². The average Bonchev–Trinajstić information content (AvgIpc) is 3.17. The minimum absolute atomic E-state index is 0.169. The molecule has 0 radical (unpaired) electrons. The highest BCUT2D eigenvalue weighted by Crippen LogP contribution is 2.28. The normalized spacial score (nSPS) is 14.9. The van der Waals surface area contributed by atoms with Crippen LogP contribution in [0, 0.1) is 5.92 Å². The SMILES string of the molecule is O=C(NCCc1cn(O)c2ccccc12)C1CC1. The van der Waals surface area contributed by atoms with E-state index in [4.69, 9.17) is 0 Å². The van der Waals surface area contributed by atoms with Gasteiger partial charge in [0.25, 0.3) is 0 Å². The summed E-state index contributed by atoms with van der Waals surface area (Å²) in [6.07, 6.45) is 4.52. The van der Waals surface area contributed by atoms with Crippen LogP contribution in [0.25, 0.3) is 10.9 Å². The van der Waals surface area contributed by atoms with Crippen LogP contribution in [-0.2, 0) is 11.2 Å². The molecule has 1 aromatic heterocycles. The molecule has 0 unspecified atom stereocenters. The van der Waals surface area contributed by atoms with Crippen molar-refractivity contribution in [2.75, 3.05) is 6.54 Å². The number of hydrogen-bond donors (Lipinski definition) is 2. The summed E-state index contributed by atoms with van der Waals surface area (Å²) < 4.78 is 1.15. The predicted octanol–water partition coefficient (Wildman–Crippen LogP) is 1.95. The third-order valence-corrected chi connectivity index (χ3v) is 3.42. The number of benzene rings is 1. The molecule has 1 aliphatic carbocycles. The molecule has 1 amide bonds. The van der Waals surface area contributed by atoms with Gasteiger partial charge in [-0.2, -0.15) is 4.73 Å². The molecule has 0 atom stereocenters. The van der Waals surface area contributed by atoms with Crippen LogP contribution in [0.3, 0.4) is 0 Å². The highest BCUT2D eigenvalue weighted by Gasteiger charge is 2.29. The van der Waals surface area contributed by atoms with Crippen LogP contribution in [0.15, 0.2) is 30.5 Å². The molecule has 0 bridgehead atoms. The first-order chi connectivity index (χ1) is 8.75. The Kier molecular flexibility index (Phi) is 2.70. The van der Waals surface area contributed by atoms with Crippen molar-refractivity contribution in [3.63, 3.8) is 0 Å². The number of aromatic nitrogens is 1. The van der Waals surface area contributed by atoms with Crippen LogP contribution in [0.4, 0.5) is 0 Å². The van der Waals surface area contributed by atoms with Gasteiger partial charge < -0.3 is 10.5 Å². The molecule has 2 aromatic rings. The van der Waals surface area contributed by atoms with Crippen molar-refractivity contribution in [3.05, 3.63) is 36.0 Å². The Morgan fingerprint density at radius 3 is 2.94 bits per heavy atom. The summed E-state index contributed by atoms with van der Waals surface area (Å²) in [6, 6.07) is 7.71. The summed E-state index contributed by atoms with van der Waals surface area (Å²) in [4.78, 5) is 11.5. The van der Waals surface area contributed by atoms with Gasteiger partial charge in [-0.3, -0.25) is 4.79 Å². The van der Waals surface area contributed by atoms with Gasteiger partial charge in [-0.15, -0.1) is 0 Å². The predicted molar refractivity (Wildman–Crippen MR) is 68.6 cm³/mol. The van der Waals surface area contributed by atoms with E-state index in [0.29, 0.717) is 6.54 Å². The zero-order valence-electron chi connectivity index (χ0n) is 10.1. The number of fused-ring (bicyclic) bond motifs is 1. The molecule has 0 aliphatic heterocycles. The first-order valence-corrected chi connectivity index (χ1v) is 6.31. The summed E-state index contributed by atoms with van der Waals surface area (Å²) in [6.45, 7) is 0.628. The van der Waals surface area contributed by atoms with Crippen LogP contribution in [-0.4, -0.2) is 22.4 Å². The Morgan fingerprint density at radius 2 is 2.17 bits per heavy atom. The maximum atomic E-state index is 11.5. The Bertz CT molecular complexity index is 584. The minimum Gasteiger partial charge on any atom is -0.428 e. The Balaban J connectivity index is 1.68. The molecule has 3 rings (SSSR count). The van der Waals surface area contributed by atoms with Gasteiger partial charge in [-0.1, -0.05) is 18.2 Å². The van der Waals surface area contributed by atoms with E-state index < -0.39 is 0 Å². The van der Waals surface area contributed by atoms with E-state index in [1.165, 1.54) is 0 Å². The number of para-hydroxylation sites is 1. The molecule has 94 valence electrons. The fraction of sp³-hybridized carbons (Fsp3) is 0.357. The first kappa shape index (κ1) is 11.1. The number of hydrogen-bond acceptors (Lipinski definition) is 2. The zero-order valence-corrected chi connectivity index (χ0v) is 10.1. The molecule has 1 aromatic carbocycles. The van der Waals surface area contributed by atoms with Crippen LogP contribution >= 0.6 is 0 Å². The molecular weight excluding hydrogens is 228 g/mol. The van der Waals surface area contributed by atoms with E-state index in [1.807, 2.05) is 24.3 Å². The largest absolute Gasteiger partial charge is 0.428 e. The third-order valence-electron chi connectivity index (χ3n) is 3.42. The van der Waals surface area contributed by atoms with Crippen molar-refractivity contribution in [2.24, 2.45) is 5.92 Å². The van der Waals surface area contributed by atoms with Gasteiger partial charge in [-0.05, 0) is 30.9 Å². The number of rotatable bonds is 4. The standard InChI is InChI=1S/C14H16N2O2/c17-14(10-5-6-10)15-8-7-11-9-16(18)13-4-2-1-3-12(11)13/h1-4,9-10,18H,5-8H2,(H,15,17). The zero-order chi connectivity index (χ0) is 12.5. The van der Waals surface area contributed by atoms with E-state index in [2.05, 4.69) is 5.32 Å². The second-order valence-corrected chi connectivity index (χ2v) is 4.83. The van der Waals surface area contributed by atoms with Crippen LogP contribution in [0.5, 0.6) is 0 Å². The van der Waals surface area contributed by atoms with Crippen molar-refractivity contribution in [2.45, 2.75) is 19.3 Å². The highest BCUT2D eigenvalue weighted by atomic mass is 16.5. The Morgan fingerprint density at radius 1 is 1.39 bits per heavy atom. The molecule has 0 spiro atoms. The lowest BCUT2D eigenvalue weighted by Crippen LogP contribution is -2.26. The monoisotopic (exact) mass is 244 g/mol. The van der Waals surface area contributed by atoms with Crippen molar-refractivity contribution >= 4 is 16.8 Å². The number of carbonyl (C=O) groups excluding carboxylic acids is 1. The second kappa shape index (κ2) is 4.37. The lowest BCUT2D eigenvalue weighted by atomic mass is 10.1. The number of amides is 1. The average molecular weight is 244 g/mol. The van der Waals surface area contributed by atoms with Crippen LogP contribution in [0.1, 0.15) is 18.4 Å². The van der Waals surface area contributed by atoms with E-state index >= 15 is 0 Å². The topological polar surface area (TPSA) is 54.3 Å². The van der Waals surface area contributed by atoms with Crippen molar-refractivity contribution < 1.29 is 10.0 Å². The molecule has 2 N–H and O–H groups in total. The Labute approximate surface area is 105 Å². The molecule has 0 saturated heterocycles.